The van der Waals surface area contributed by atoms with E-state index in [9.17, 15) is 4.79 Å². The molecule has 0 radical (unpaired) electrons. The van der Waals surface area contributed by atoms with Crippen molar-refractivity contribution in [3.63, 3.8) is 0 Å². The van der Waals surface area contributed by atoms with Crippen molar-refractivity contribution in [3.05, 3.63) is 83.9 Å². The lowest BCUT2D eigenvalue weighted by Gasteiger charge is -2.10. The monoisotopic (exact) mass is 467 g/mol. The van der Waals surface area contributed by atoms with Crippen molar-refractivity contribution in [2.45, 2.75) is 6.42 Å². The van der Waals surface area contributed by atoms with Gasteiger partial charge in [-0.15, -0.1) is 0 Å². The maximum absolute atomic E-state index is 13.4. The Kier molecular flexibility index (Phi) is 5.93. The number of para-hydroxylation sites is 3. The van der Waals surface area contributed by atoms with E-state index in [4.69, 9.17) is 25.2 Å². The normalized spacial score (nSPS) is 11.0. The van der Waals surface area contributed by atoms with Crippen LogP contribution in [0.2, 0.25) is 0 Å². The second kappa shape index (κ2) is 9.34. The lowest BCUT2D eigenvalue weighted by atomic mass is 10.1. The van der Waals surface area contributed by atoms with Crippen molar-refractivity contribution >= 4 is 33.9 Å². The number of carbonyl (C=O) groups is 1. The third kappa shape index (κ3) is 4.10. The van der Waals surface area contributed by atoms with E-state index in [-0.39, 0.29) is 5.91 Å². The Bertz CT molecular complexity index is 1530. The predicted octanol–water partition coefficient (Wildman–Crippen LogP) is 4.15. The van der Waals surface area contributed by atoms with Crippen molar-refractivity contribution in [1.82, 2.24) is 19.9 Å². The van der Waals surface area contributed by atoms with Crippen LogP contribution in [0, 0.1) is 0 Å². The summed E-state index contributed by atoms with van der Waals surface area (Å²) in [6.45, 7) is 0.410. The van der Waals surface area contributed by atoms with Crippen LogP contribution >= 0.6 is 0 Å². The minimum Gasteiger partial charge on any atom is -0.493 e. The summed E-state index contributed by atoms with van der Waals surface area (Å²) in [5.41, 5.74) is 11.1. The molecule has 0 aliphatic rings. The van der Waals surface area contributed by atoms with Gasteiger partial charge in [0.2, 0.25) is 0 Å². The number of nitrogen functional groups attached to an aromatic ring is 1. The van der Waals surface area contributed by atoms with Crippen molar-refractivity contribution in [1.29, 1.82) is 0 Å². The zero-order valence-electron chi connectivity index (χ0n) is 19.5. The molecule has 0 fully saturated rings. The second-order valence-electron chi connectivity index (χ2n) is 8.01. The average molecular weight is 468 g/mol. The number of benzene rings is 3. The zero-order chi connectivity index (χ0) is 24.4. The maximum Gasteiger partial charge on any atom is 0.257 e. The van der Waals surface area contributed by atoms with Crippen LogP contribution in [0.1, 0.15) is 15.9 Å². The fraction of sp³-hybridized carbons (Fsp3) is 0.148. The molecule has 5 aromatic rings. The van der Waals surface area contributed by atoms with Crippen molar-refractivity contribution in [2.24, 2.45) is 0 Å². The second-order valence-corrected chi connectivity index (χ2v) is 8.01. The molecule has 2 aromatic heterocycles. The number of hydrogen-bond donors (Lipinski definition) is 2. The molecule has 3 aromatic carbocycles. The molecular weight excluding hydrogens is 442 g/mol. The van der Waals surface area contributed by atoms with Gasteiger partial charge in [-0.25, -0.2) is 9.97 Å². The molecule has 3 N–H and O–H groups in total. The molecule has 8 heteroatoms. The standard InChI is InChI=1S/C27H25N5O3/c1-34-21-13-12-17(16-22(21)35-2)14-15-29-27(33)23-24-26(31-20-11-7-6-10-19(20)30-24)32(25(23)28)18-8-4-3-5-9-18/h3-13,16H,14-15,28H2,1-2H3,(H,29,33). The van der Waals surface area contributed by atoms with Crippen LogP contribution in [0.15, 0.2) is 72.8 Å². The molecule has 0 unspecified atom stereocenters. The molecule has 8 nitrogen and oxygen atoms in total. The summed E-state index contributed by atoms with van der Waals surface area (Å²) in [5.74, 6) is 1.30. The smallest absolute Gasteiger partial charge is 0.257 e. The van der Waals surface area contributed by atoms with Crippen LogP contribution in [0.3, 0.4) is 0 Å². The summed E-state index contributed by atoms with van der Waals surface area (Å²) in [7, 11) is 3.19. The topological polar surface area (TPSA) is 104 Å². The molecule has 2 heterocycles. The number of carbonyl (C=O) groups excluding carboxylic acids is 1. The number of nitrogens with two attached hydrogens (primary N) is 1. The maximum atomic E-state index is 13.4. The molecular formula is C27H25N5O3. The fourth-order valence-corrected chi connectivity index (χ4v) is 4.17. The van der Waals surface area contributed by atoms with Gasteiger partial charge in [-0.05, 0) is 48.4 Å². The number of methoxy groups -OCH3 is 2. The van der Waals surface area contributed by atoms with Crippen LogP contribution in [-0.4, -0.2) is 41.2 Å². The number of hydrogen-bond acceptors (Lipinski definition) is 6. The van der Waals surface area contributed by atoms with Crippen LogP contribution in [0.4, 0.5) is 5.82 Å². The summed E-state index contributed by atoms with van der Waals surface area (Å²) in [4.78, 5) is 22.9. The SMILES string of the molecule is COc1ccc(CCNC(=O)c2c(N)n(-c3ccccc3)c3nc4ccccc4nc23)cc1OC. The number of amides is 1. The van der Waals surface area contributed by atoms with E-state index in [2.05, 4.69) is 5.32 Å². The average Bonchev–Trinajstić information content (AvgIpc) is 3.18. The number of ether oxygens (including phenoxy) is 2. The van der Waals surface area contributed by atoms with Gasteiger partial charge in [0.05, 0.1) is 25.3 Å². The minimum atomic E-state index is -0.299. The Morgan fingerprint density at radius 1 is 0.914 bits per heavy atom. The van der Waals surface area contributed by atoms with Gasteiger partial charge in [0, 0.05) is 12.2 Å². The molecule has 0 aliphatic carbocycles. The Balaban J connectivity index is 1.49. The van der Waals surface area contributed by atoms with Crippen LogP contribution in [-0.2, 0) is 6.42 Å². The molecule has 35 heavy (non-hydrogen) atoms. The lowest BCUT2D eigenvalue weighted by Crippen LogP contribution is -2.26. The van der Waals surface area contributed by atoms with Gasteiger partial charge in [0.15, 0.2) is 17.1 Å². The number of anilines is 1. The van der Waals surface area contributed by atoms with Crippen LogP contribution in [0.5, 0.6) is 11.5 Å². The number of fused-ring (bicyclic) bond motifs is 2. The number of nitrogens with one attached hydrogen (secondary N) is 1. The largest absolute Gasteiger partial charge is 0.493 e. The summed E-state index contributed by atoms with van der Waals surface area (Å²) >= 11 is 0. The highest BCUT2D eigenvalue weighted by Crippen LogP contribution is 2.31. The molecule has 0 atom stereocenters. The molecule has 0 aliphatic heterocycles. The molecule has 0 saturated carbocycles. The number of aromatic nitrogens is 3. The summed E-state index contributed by atoms with van der Waals surface area (Å²) in [6, 6.07) is 22.9. The first-order chi connectivity index (χ1) is 17.1. The first kappa shape index (κ1) is 22.2. The van der Waals surface area contributed by atoms with Crippen molar-refractivity contribution in [3.8, 4) is 17.2 Å². The minimum absolute atomic E-state index is 0.296. The third-order valence-corrected chi connectivity index (χ3v) is 5.89. The van der Waals surface area contributed by atoms with Gasteiger partial charge in [-0.3, -0.25) is 9.36 Å². The quantitative estimate of drug-likeness (QED) is 0.373. The highest BCUT2D eigenvalue weighted by atomic mass is 16.5. The summed E-state index contributed by atoms with van der Waals surface area (Å²) in [5, 5.41) is 2.99. The molecule has 176 valence electrons. The van der Waals surface area contributed by atoms with E-state index in [0.717, 1.165) is 16.8 Å². The summed E-state index contributed by atoms with van der Waals surface area (Å²) < 4.78 is 12.4. The van der Waals surface area contributed by atoms with Gasteiger partial charge in [-0.2, -0.15) is 0 Å². The van der Waals surface area contributed by atoms with Crippen LogP contribution in [0.25, 0.3) is 27.9 Å². The molecule has 0 spiro atoms. The first-order valence-corrected chi connectivity index (χ1v) is 11.2. The highest BCUT2D eigenvalue weighted by Gasteiger charge is 2.24. The van der Waals surface area contributed by atoms with Gasteiger partial charge in [0.25, 0.3) is 5.91 Å². The van der Waals surface area contributed by atoms with E-state index < -0.39 is 0 Å². The van der Waals surface area contributed by atoms with Crippen LogP contribution < -0.4 is 20.5 Å². The van der Waals surface area contributed by atoms with Crippen molar-refractivity contribution in [2.75, 3.05) is 26.5 Å². The van der Waals surface area contributed by atoms with E-state index >= 15 is 0 Å². The van der Waals surface area contributed by atoms with Gasteiger partial charge >= 0.3 is 0 Å². The van der Waals surface area contributed by atoms with E-state index in [1.165, 1.54) is 0 Å². The predicted molar refractivity (Wildman–Crippen MR) is 136 cm³/mol. The molecule has 5 rings (SSSR count). The van der Waals surface area contributed by atoms with Crippen molar-refractivity contribution < 1.29 is 14.3 Å². The van der Waals surface area contributed by atoms with Gasteiger partial charge in [0.1, 0.15) is 16.9 Å². The van der Waals surface area contributed by atoms with Gasteiger partial charge < -0.3 is 20.5 Å². The van der Waals surface area contributed by atoms with E-state index in [1.807, 2.05) is 72.8 Å². The van der Waals surface area contributed by atoms with E-state index in [0.29, 0.717) is 52.5 Å². The molecule has 0 saturated heterocycles. The lowest BCUT2D eigenvalue weighted by molar-refractivity contribution is 0.0956. The van der Waals surface area contributed by atoms with Gasteiger partial charge in [-0.1, -0.05) is 36.4 Å². The molecule has 0 bridgehead atoms. The first-order valence-electron chi connectivity index (χ1n) is 11.2. The van der Waals surface area contributed by atoms with E-state index in [1.54, 1.807) is 18.8 Å². The number of rotatable bonds is 7. The zero-order valence-corrected chi connectivity index (χ0v) is 19.5. The fourth-order valence-electron chi connectivity index (χ4n) is 4.17. The Hall–Kier alpha value is -4.59. The number of nitrogens with zero attached hydrogens (tertiary/aromatic N) is 3. The molecule has 1 amide bonds. The Morgan fingerprint density at radius 3 is 2.31 bits per heavy atom. The Labute approximate surface area is 202 Å². The highest BCUT2D eigenvalue weighted by molar-refractivity contribution is 6.11. The Morgan fingerprint density at radius 2 is 1.60 bits per heavy atom. The summed E-state index contributed by atoms with van der Waals surface area (Å²) in [6.07, 6.45) is 0.609. The third-order valence-electron chi connectivity index (χ3n) is 5.89.